The van der Waals surface area contributed by atoms with Crippen molar-refractivity contribution in [1.29, 1.82) is 0 Å². The van der Waals surface area contributed by atoms with Crippen LogP contribution in [0.15, 0.2) is 54.7 Å². The topological polar surface area (TPSA) is 99.5 Å². The van der Waals surface area contributed by atoms with Crippen LogP contribution in [0.25, 0.3) is 49.6 Å². The van der Waals surface area contributed by atoms with Gasteiger partial charge < -0.3 is 20.6 Å². The Balaban J connectivity index is 1.81. The van der Waals surface area contributed by atoms with Crippen LogP contribution < -0.4 is 16.0 Å². The van der Waals surface area contributed by atoms with Crippen LogP contribution in [0.1, 0.15) is 5.56 Å². The van der Waals surface area contributed by atoms with Crippen molar-refractivity contribution < 1.29 is 0 Å². The number of fused-ring (bicyclic) bond motifs is 6. The minimum atomic E-state index is 0.608. The van der Waals surface area contributed by atoms with Crippen molar-refractivity contribution in [2.75, 3.05) is 19.0 Å². The highest BCUT2D eigenvalue weighted by Crippen LogP contribution is 2.30. The van der Waals surface area contributed by atoms with Gasteiger partial charge in [-0.05, 0) is 12.1 Å². The summed E-state index contributed by atoms with van der Waals surface area (Å²) in [4.78, 5) is 23.1. The maximum Gasteiger partial charge on any atom is 0.226 e. The van der Waals surface area contributed by atoms with Crippen LogP contribution in [0.2, 0.25) is 0 Å². The van der Waals surface area contributed by atoms with E-state index in [0.29, 0.717) is 11.6 Å². The Kier molecular flexibility index (Phi) is 3.32. The highest BCUT2D eigenvalue weighted by atomic mass is 15.2. The van der Waals surface area contributed by atoms with Gasteiger partial charge in [0.15, 0.2) is 0 Å². The first-order valence-electron chi connectivity index (χ1n) is 9.73. The summed E-state index contributed by atoms with van der Waals surface area (Å²) < 4.78 is 0. The summed E-state index contributed by atoms with van der Waals surface area (Å²) >= 11 is 0. The highest BCUT2D eigenvalue weighted by Gasteiger charge is 2.18. The molecule has 0 saturated heterocycles. The number of H-pyrrole nitrogens is 2. The van der Waals surface area contributed by atoms with Gasteiger partial charge >= 0.3 is 0 Å². The number of benzene rings is 2. The van der Waals surface area contributed by atoms with Gasteiger partial charge in [0.2, 0.25) is 5.95 Å². The minimum absolute atomic E-state index is 0.608. The third-order valence-electron chi connectivity index (χ3n) is 5.56. The highest BCUT2D eigenvalue weighted by molar-refractivity contribution is 6.17. The molecule has 4 heterocycles. The zero-order valence-corrected chi connectivity index (χ0v) is 16.6. The van der Waals surface area contributed by atoms with Crippen LogP contribution in [-0.4, -0.2) is 39.0 Å². The molecule has 146 valence electrons. The summed E-state index contributed by atoms with van der Waals surface area (Å²) in [6, 6.07) is 16.2. The molecule has 0 spiro atoms. The van der Waals surface area contributed by atoms with Crippen LogP contribution in [0.3, 0.4) is 0 Å². The molecule has 30 heavy (non-hydrogen) atoms. The number of hydrogen-bond donors (Lipinski definition) is 3. The molecule has 0 amide bonds. The molecule has 0 atom stereocenters. The molecule has 0 aliphatic rings. The molecule has 7 nitrogen and oxygen atoms in total. The maximum absolute atomic E-state index is 6.72. The Hall–Kier alpha value is -4.13. The van der Waals surface area contributed by atoms with Crippen molar-refractivity contribution >= 4 is 55.5 Å². The van der Waals surface area contributed by atoms with Gasteiger partial charge in [0.05, 0.1) is 21.9 Å². The summed E-state index contributed by atoms with van der Waals surface area (Å²) in [5.41, 5.74) is 12.5. The molecule has 7 heteroatoms. The van der Waals surface area contributed by atoms with Crippen molar-refractivity contribution in [2.45, 2.75) is 0 Å². The van der Waals surface area contributed by atoms with E-state index in [1.165, 1.54) is 0 Å². The average molecular weight is 393 g/mol. The second kappa shape index (κ2) is 5.93. The largest absolute Gasteiger partial charge is 0.396 e. The fourth-order valence-corrected chi connectivity index (χ4v) is 4.10. The van der Waals surface area contributed by atoms with E-state index in [9.17, 15) is 0 Å². The van der Waals surface area contributed by atoms with Gasteiger partial charge in [-0.15, -0.1) is 0 Å². The summed E-state index contributed by atoms with van der Waals surface area (Å²) in [6.07, 6.45) is 1.93. The Bertz CT molecular complexity index is 1640. The maximum atomic E-state index is 6.72. The molecule has 0 fully saturated rings. The minimum Gasteiger partial charge on any atom is -0.396 e. The average Bonchev–Trinajstić information content (AvgIpc) is 3.46. The van der Waals surface area contributed by atoms with Gasteiger partial charge in [-0.25, -0.2) is 15.0 Å². The van der Waals surface area contributed by atoms with Gasteiger partial charge in [0.1, 0.15) is 16.7 Å². The molecule has 0 bridgehead atoms. The fraction of sp³-hybridized carbons (Fsp3) is 0.0870. The Morgan fingerprint density at radius 1 is 0.900 bits per heavy atom. The van der Waals surface area contributed by atoms with Gasteiger partial charge in [-0.3, -0.25) is 0 Å². The van der Waals surface area contributed by atoms with Crippen LogP contribution >= 0.6 is 0 Å². The molecule has 6 rings (SSSR count). The van der Waals surface area contributed by atoms with E-state index in [0.717, 1.165) is 54.8 Å². The first kappa shape index (κ1) is 16.8. The lowest BCUT2D eigenvalue weighted by atomic mass is 10.1. The van der Waals surface area contributed by atoms with Crippen LogP contribution in [-0.2, 0) is 0 Å². The Morgan fingerprint density at radius 3 is 2.47 bits per heavy atom. The predicted molar refractivity (Wildman–Crippen MR) is 121 cm³/mol. The number of aromatic amines is 2. The van der Waals surface area contributed by atoms with Crippen molar-refractivity contribution in [3.05, 3.63) is 65.6 Å². The monoisotopic (exact) mass is 393 g/mol. The summed E-state index contributed by atoms with van der Waals surface area (Å²) in [5.74, 6) is 0.643. The smallest absolute Gasteiger partial charge is 0.226 e. The quantitative estimate of drug-likeness (QED) is 0.420. The number of aromatic nitrogens is 5. The summed E-state index contributed by atoms with van der Waals surface area (Å²) in [5, 5.41) is 3.81. The molecule has 0 saturated carbocycles. The lowest BCUT2D eigenvalue weighted by Gasteiger charge is -2.04. The van der Waals surface area contributed by atoms with E-state index in [4.69, 9.17) is 20.7 Å². The molecule has 0 radical (unpaired) electrons. The second-order valence-corrected chi connectivity index (χ2v) is 7.63. The van der Waals surface area contributed by atoms with Gasteiger partial charge in [-0.1, -0.05) is 36.4 Å². The number of nitrogens with zero attached hydrogens (tertiary/aromatic N) is 4. The van der Waals surface area contributed by atoms with E-state index in [-0.39, 0.29) is 0 Å². The number of hydrogen-bond acceptors (Lipinski definition) is 5. The number of nitrogens with one attached hydrogen (secondary N) is 2. The first-order valence-corrected chi connectivity index (χ1v) is 9.73. The number of para-hydroxylation sites is 2. The normalized spacial score (nSPS) is 13.0. The van der Waals surface area contributed by atoms with E-state index in [1.807, 2.05) is 61.6 Å². The lowest BCUT2D eigenvalue weighted by Crippen LogP contribution is -2.19. The van der Waals surface area contributed by atoms with Crippen LogP contribution in [0.5, 0.6) is 0 Å². The molecule has 6 aromatic rings. The second-order valence-electron chi connectivity index (χ2n) is 7.63. The molecule has 0 aliphatic heterocycles. The number of pyridine rings is 1. The SMILES string of the molecule is CN(C)c1nc2/c(=C(/N)c3c[nH]c4ccccc34)[nH]c3nc4ccccc4c3c2n1. The molecule has 0 unspecified atom stereocenters. The van der Waals surface area contributed by atoms with Gasteiger partial charge in [0.25, 0.3) is 0 Å². The Labute approximate surface area is 171 Å². The number of imidazole rings is 1. The third kappa shape index (κ3) is 2.23. The number of nitrogens with two attached hydrogens (primary N) is 1. The van der Waals surface area contributed by atoms with E-state index in [1.54, 1.807) is 0 Å². The van der Waals surface area contributed by atoms with E-state index < -0.39 is 0 Å². The first-order chi connectivity index (χ1) is 14.6. The molecule has 4 aromatic heterocycles. The predicted octanol–water partition coefficient (Wildman–Crippen LogP) is 3.04. The zero-order valence-electron chi connectivity index (χ0n) is 16.6. The lowest BCUT2D eigenvalue weighted by molar-refractivity contribution is 1.05. The van der Waals surface area contributed by atoms with Crippen molar-refractivity contribution in [1.82, 2.24) is 24.9 Å². The van der Waals surface area contributed by atoms with Crippen molar-refractivity contribution in [3.63, 3.8) is 0 Å². The van der Waals surface area contributed by atoms with Crippen molar-refractivity contribution in [3.8, 4) is 0 Å². The van der Waals surface area contributed by atoms with Crippen molar-refractivity contribution in [2.24, 2.45) is 5.73 Å². The summed E-state index contributed by atoms with van der Waals surface area (Å²) in [7, 11) is 3.87. The fourth-order valence-electron chi connectivity index (χ4n) is 4.10. The molecule has 4 N–H and O–H groups in total. The van der Waals surface area contributed by atoms with Crippen LogP contribution in [0.4, 0.5) is 5.95 Å². The Morgan fingerprint density at radius 2 is 1.63 bits per heavy atom. The molecule has 2 aromatic carbocycles. The third-order valence-corrected chi connectivity index (χ3v) is 5.56. The van der Waals surface area contributed by atoms with Crippen LogP contribution in [0, 0.1) is 0 Å². The zero-order chi connectivity index (χ0) is 20.4. The number of anilines is 1. The number of rotatable bonds is 2. The summed E-state index contributed by atoms with van der Waals surface area (Å²) in [6.45, 7) is 0. The molecular formula is C23H19N7. The van der Waals surface area contributed by atoms with Gasteiger partial charge in [-0.2, -0.15) is 0 Å². The van der Waals surface area contributed by atoms with Gasteiger partial charge in [0, 0.05) is 42.1 Å². The standard InChI is InChI=1S/C23H19N7/c1-30(2)23-28-19-17-13-8-4-6-10-16(13)26-22(17)27-20(21(19)29-23)18(24)14-11-25-15-9-5-3-7-12(14)15/h3-11,25H,24H2,1-2H3,(H,26,27)/b20-18-. The van der Waals surface area contributed by atoms with E-state index in [2.05, 4.69) is 22.1 Å². The molecular weight excluding hydrogens is 374 g/mol. The van der Waals surface area contributed by atoms with E-state index >= 15 is 0 Å². The molecule has 0 aliphatic carbocycles.